The molecule has 3 aromatic carbocycles. The average molecular weight is 308 g/mol. The number of hydrogen-bond acceptors (Lipinski definition) is 2. The predicted octanol–water partition coefficient (Wildman–Crippen LogP) is 3.91. The first-order valence-corrected chi connectivity index (χ1v) is 9.06. The fourth-order valence-electron chi connectivity index (χ4n) is 2.53. The molecular formula is C19H17O2P. The average Bonchev–Trinajstić information content (AvgIpc) is 2.58. The summed E-state index contributed by atoms with van der Waals surface area (Å²) in [5.41, 5.74) is 0.953. The second-order valence-electron chi connectivity index (χ2n) is 5.24. The van der Waals surface area contributed by atoms with Crippen molar-refractivity contribution >= 4 is 17.8 Å². The monoisotopic (exact) mass is 308 g/mol. The second kappa shape index (κ2) is 6.21. The third kappa shape index (κ3) is 2.98. The van der Waals surface area contributed by atoms with E-state index < -0.39 is 7.14 Å². The SMILES string of the molecule is O=P(Cc1ccc(O)cc1)(c1ccccc1)c1ccccc1. The number of benzene rings is 3. The summed E-state index contributed by atoms with van der Waals surface area (Å²) in [6, 6.07) is 26.2. The van der Waals surface area contributed by atoms with Crippen LogP contribution in [-0.2, 0) is 10.7 Å². The van der Waals surface area contributed by atoms with Gasteiger partial charge in [0.05, 0.1) is 0 Å². The maximum absolute atomic E-state index is 13.8. The summed E-state index contributed by atoms with van der Waals surface area (Å²) in [4.78, 5) is 0. The fourth-order valence-corrected chi connectivity index (χ4v) is 5.22. The zero-order valence-electron chi connectivity index (χ0n) is 12.1. The van der Waals surface area contributed by atoms with Crippen molar-refractivity contribution in [3.8, 4) is 5.75 Å². The van der Waals surface area contributed by atoms with Crippen LogP contribution in [0.3, 0.4) is 0 Å². The van der Waals surface area contributed by atoms with E-state index in [-0.39, 0.29) is 5.75 Å². The van der Waals surface area contributed by atoms with Crippen LogP contribution in [0.25, 0.3) is 0 Å². The second-order valence-corrected chi connectivity index (χ2v) is 8.06. The summed E-state index contributed by atoms with van der Waals surface area (Å²) in [5, 5.41) is 11.1. The van der Waals surface area contributed by atoms with Crippen LogP contribution < -0.4 is 10.6 Å². The Morgan fingerprint density at radius 2 is 1.14 bits per heavy atom. The highest BCUT2D eigenvalue weighted by Gasteiger charge is 2.27. The van der Waals surface area contributed by atoms with Crippen molar-refractivity contribution in [2.24, 2.45) is 0 Å². The molecule has 0 heterocycles. The highest BCUT2D eigenvalue weighted by atomic mass is 31.2. The Labute approximate surface area is 130 Å². The van der Waals surface area contributed by atoms with Gasteiger partial charge < -0.3 is 9.67 Å². The van der Waals surface area contributed by atoms with Gasteiger partial charge in [0.25, 0.3) is 0 Å². The highest BCUT2D eigenvalue weighted by Crippen LogP contribution is 2.46. The Balaban J connectivity index is 2.08. The summed E-state index contributed by atoms with van der Waals surface area (Å²) in [5.74, 6) is 0.220. The topological polar surface area (TPSA) is 37.3 Å². The zero-order chi connectivity index (χ0) is 15.4. The fraction of sp³-hybridized carbons (Fsp3) is 0.0526. The summed E-state index contributed by atoms with van der Waals surface area (Å²) in [7, 11) is -2.74. The summed E-state index contributed by atoms with van der Waals surface area (Å²) in [6.45, 7) is 0. The van der Waals surface area contributed by atoms with E-state index in [0.29, 0.717) is 6.16 Å². The van der Waals surface area contributed by atoms with Crippen molar-refractivity contribution in [2.45, 2.75) is 6.16 Å². The lowest BCUT2D eigenvalue weighted by molar-refractivity contribution is 0.475. The molecule has 0 aliphatic heterocycles. The standard InChI is InChI=1S/C19H17O2P/c20-17-13-11-16(12-14-17)15-22(21,18-7-3-1-4-8-18)19-9-5-2-6-10-19/h1-14,20H,15H2. The number of phenols is 1. The van der Waals surface area contributed by atoms with Crippen LogP contribution in [0, 0.1) is 0 Å². The van der Waals surface area contributed by atoms with Gasteiger partial charge in [-0.1, -0.05) is 72.8 Å². The van der Waals surface area contributed by atoms with Crippen LogP contribution in [0.4, 0.5) is 0 Å². The van der Waals surface area contributed by atoms with Crippen LogP contribution in [0.2, 0.25) is 0 Å². The smallest absolute Gasteiger partial charge is 0.147 e. The summed E-state index contributed by atoms with van der Waals surface area (Å²) >= 11 is 0. The normalized spacial score (nSPS) is 11.3. The predicted molar refractivity (Wildman–Crippen MR) is 91.6 cm³/mol. The van der Waals surface area contributed by atoms with Gasteiger partial charge in [0.1, 0.15) is 12.9 Å². The zero-order valence-corrected chi connectivity index (χ0v) is 13.0. The Kier molecular flexibility index (Phi) is 4.13. The lowest BCUT2D eigenvalue weighted by Gasteiger charge is -2.19. The van der Waals surface area contributed by atoms with Crippen LogP contribution >= 0.6 is 7.14 Å². The quantitative estimate of drug-likeness (QED) is 0.742. The van der Waals surface area contributed by atoms with Gasteiger partial charge in [-0.05, 0) is 17.7 Å². The molecule has 0 unspecified atom stereocenters. The van der Waals surface area contributed by atoms with Crippen LogP contribution in [-0.4, -0.2) is 5.11 Å². The molecule has 0 atom stereocenters. The minimum atomic E-state index is -2.74. The van der Waals surface area contributed by atoms with Gasteiger partial charge in [0.2, 0.25) is 0 Å². The Hall–Kier alpha value is -2.31. The molecule has 2 nitrogen and oxygen atoms in total. The molecule has 3 rings (SSSR count). The minimum Gasteiger partial charge on any atom is -0.508 e. The van der Waals surface area contributed by atoms with E-state index in [4.69, 9.17) is 0 Å². The maximum Gasteiger partial charge on any atom is 0.147 e. The maximum atomic E-state index is 13.8. The Morgan fingerprint density at radius 1 is 0.682 bits per heavy atom. The lowest BCUT2D eigenvalue weighted by Crippen LogP contribution is -2.17. The number of rotatable bonds is 4. The molecule has 0 aliphatic carbocycles. The van der Waals surface area contributed by atoms with E-state index in [1.54, 1.807) is 12.1 Å². The van der Waals surface area contributed by atoms with Gasteiger partial charge in [-0.25, -0.2) is 0 Å². The Morgan fingerprint density at radius 3 is 1.59 bits per heavy atom. The van der Waals surface area contributed by atoms with Crippen LogP contribution in [0.5, 0.6) is 5.75 Å². The molecule has 110 valence electrons. The third-order valence-corrected chi connectivity index (χ3v) is 6.76. The van der Waals surface area contributed by atoms with Gasteiger partial charge in [0.15, 0.2) is 0 Å². The lowest BCUT2D eigenvalue weighted by atomic mass is 10.2. The number of phenolic OH excluding ortho intramolecular Hbond substituents is 1. The van der Waals surface area contributed by atoms with Crippen LogP contribution in [0.15, 0.2) is 84.9 Å². The van der Waals surface area contributed by atoms with Crippen LogP contribution in [0.1, 0.15) is 5.56 Å². The van der Waals surface area contributed by atoms with Crippen molar-refractivity contribution in [1.82, 2.24) is 0 Å². The van der Waals surface area contributed by atoms with Crippen molar-refractivity contribution in [2.75, 3.05) is 0 Å². The molecule has 22 heavy (non-hydrogen) atoms. The minimum absolute atomic E-state index is 0.220. The van der Waals surface area contributed by atoms with Crippen molar-refractivity contribution in [1.29, 1.82) is 0 Å². The summed E-state index contributed by atoms with van der Waals surface area (Å²) < 4.78 is 13.8. The van der Waals surface area contributed by atoms with Crippen molar-refractivity contribution in [3.05, 3.63) is 90.5 Å². The first kappa shape index (κ1) is 14.6. The van der Waals surface area contributed by atoms with E-state index in [9.17, 15) is 9.67 Å². The molecule has 0 bridgehead atoms. The molecule has 0 aliphatic rings. The molecule has 0 radical (unpaired) electrons. The van der Waals surface area contributed by atoms with Crippen molar-refractivity contribution < 1.29 is 9.67 Å². The molecule has 0 saturated carbocycles. The molecule has 3 heteroatoms. The molecule has 0 saturated heterocycles. The molecule has 3 aromatic rings. The largest absolute Gasteiger partial charge is 0.508 e. The number of aromatic hydroxyl groups is 1. The summed E-state index contributed by atoms with van der Waals surface area (Å²) in [6.07, 6.45) is 0.446. The highest BCUT2D eigenvalue weighted by molar-refractivity contribution is 7.78. The molecule has 0 aromatic heterocycles. The molecule has 0 amide bonds. The molecule has 0 spiro atoms. The van der Waals surface area contributed by atoms with Gasteiger partial charge in [-0.2, -0.15) is 0 Å². The van der Waals surface area contributed by atoms with E-state index in [1.165, 1.54) is 0 Å². The van der Waals surface area contributed by atoms with E-state index >= 15 is 0 Å². The molecule has 1 N–H and O–H groups in total. The molecule has 0 fully saturated rings. The van der Waals surface area contributed by atoms with E-state index in [0.717, 1.165) is 16.2 Å². The molecular weight excluding hydrogens is 291 g/mol. The van der Waals surface area contributed by atoms with Crippen molar-refractivity contribution in [3.63, 3.8) is 0 Å². The first-order chi connectivity index (χ1) is 10.7. The number of hydrogen-bond donors (Lipinski definition) is 1. The van der Waals surface area contributed by atoms with Gasteiger partial charge >= 0.3 is 0 Å². The first-order valence-electron chi connectivity index (χ1n) is 7.17. The third-order valence-electron chi connectivity index (χ3n) is 3.69. The van der Waals surface area contributed by atoms with E-state index in [2.05, 4.69) is 0 Å². The van der Waals surface area contributed by atoms with Gasteiger partial charge in [-0.3, -0.25) is 0 Å². The van der Waals surface area contributed by atoms with Gasteiger partial charge in [-0.15, -0.1) is 0 Å². The van der Waals surface area contributed by atoms with E-state index in [1.807, 2.05) is 72.8 Å². The Bertz CT molecular complexity index is 737. The van der Waals surface area contributed by atoms with Gasteiger partial charge in [0, 0.05) is 16.8 Å².